The van der Waals surface area contributed by atoms with Crippen molar-refractivity contribution in [2.24, 2.45) is 0 Å². The van der Waals surface area contributed by atoms with Crippen LogP contribution in [0.25, 0.3) is 10.2 Å². The smallest absolute Gasteiger partial charge is 0.0907 e. The SMILES string of the molecule is CSC1(CNc2cc3nc(C)sc3cc2N)CCCC1. The van der Waals surface area contributed by atoms with Gasteiger partial charge in [0, 0.05) is 11.3 Å². The summed E-state index contributed by atoms with van der Waals surface area (Å²) in [6.07, 6.45) is 7.53. The van der Waals surface area contributed by atoms with Gasteiger partial charge in [-0.15, -0.1) is 11.3 Å². The Balaban J connectivity index is 1.81. The molecule has 5 heteroatoms. The summed E-state index contributed by atoms with van der Waals surface area (Å²) < 4.78 is 1.56. The molecule has 0 bridgehead atoms. The van der Waals surface area contributed by atoms with Crippen LogP contribution in [-0.4, -0.2) is 22.5 Å². The van der Waals surface area contributed by atoms with Crippen molar-refractivity contribution in [2.75, 3.05) is 23.9 Å². The lowest BCUT2D eigenvalue weighted by atomic mass is 10.1. The monoisotopic (exact) mass is 307 g/mol. The number of anilines is 2. The molecule has 1 aliphatic rings. The topological polar surface area (TPSA) is 50.9 Å². The van der Waals surface area contributed by atoms with Gasteiger partial charge in [-0.2, -0.15) is 11.8 Å². The van der Waals surface area contributed by atoms with Gasteiger partial charge in [0.05, 0.1) is 26.6 Å². The standard InChI is InChI=1S/C15H21N3S2/c1-10-18-13-8-12(11(16)7-14(13)20-10)17-9-15(19-2)5-3-4-6-15/h7-8,17H,3-6,9,16H2,1-2H3. The molecule has 2 aromatic rings. The highest BCUT2D eigenvalue weighted by Crippen LogP contribution is 2.40. The summed E-state index contributed by atoms with van der Waals surface area (Å²) in [6, 6.07) is 4.14. The maximum Gasteiger partial charge on any atom is 0.0907 e. The van der Waals surface area contributed by atoms with Gasteiger partial charge in [-0.1, -0.05) is 12.8 Å². The molecule has 1 aliphatic carbocycles. The van der Waals surface area contributed by atoms with Crippen LogP contribution in [0.15, 0.2) is 12.1 Å². The highest BCUT2D eigenvalue weighted by atomic mass is 32.2. The Morgan fingerprint density at radius 3 is 2.85 bits per heavy atom. The number of nitrogens with zero attached hydrogens (tertiary/aromatic N) is 1. The number of fused-ring (bicyclic) bond motifs is 1. The number of benzene rings is 1. The zero-order valence-electron chi connectivity index (χ0n) is 12.0. The first-order chi connectivity index (χ1) is 9.62. The van der Waals surface area contributed by atoms with Crippen LogP contribution in [0.2, 0.25) is 0 Å². The quantitative estimate of drug-likeness (QED) is 0.828. The Kier molecular flexibility index (Phi) is 3.82. The molecule has 3 rings (SSSR count). The molecule has 1 aromatic heterocycles. The molecular formula is C15H21N3S2. The minimum absolute atomic E-state index is 0.388. The molecule has 108 valence electrons. The largest absolute Gasteiger partial charge is 0.397 e. The lowest BCUT2D eigenvalue weighted by molar-refractivity contribution is 0.640. The van der Waals surface area contributed by atoms with Gasteiger partial charge in [0.15, 0.2) is 0 Å². The maximum absolute atomic E-state index is 6.17. The van der Waals surface area contributed by atoms with E-state index < -0.39 is 0 Å². The van der Waals surface area contributed by atoms with Crippen molar-refractivity contribution in [3.05, 3.63) is 17.1 Å². The van der Waals surface area contributed by atoms with Gasteiger partial charge in [0.2, 0.25) is 0 Å². The Morgan fingerprint density at radius 2 is 2.15 bits per heavy atom. The van der Waals surface area contributed by atoms with E-state index in [-0.39, 0.29) is 0 Å². The lowest BCUT2D eigenvalue weighted by Crippen LogP contribution is -2.30. The van der Waals surface area contributed by atoms with E-state index in [1.54, 1.807) is 11.3 Å². The molecule has 1 heterocycles. The normalized spacial score (nSPS) is 17.7. The Hall–Kier alpha value is -0.940. The van der Waals surface area contributed by atoms with Gasteiger partial charge >= 0.3 is 0 Å². The van der Waals surface area contributed by atoms with Gasteiger partial charge in [0.25, 0.3) is 0 Å². The molecule has 0 atom stereocenters. The number of thioether (sulfide) groups is 1. The molecule has 0 radical (unpaired) electrons. The summed E-state index contributed by atoms with van der Waals surface area (Å²) in [5.74, 6) is 0. The van der Waals surface area contributed by atoms with E-state index in [2.05, 4.69) is 22.6 Å². The van der Waals surface area contributed by atoms with Crippen LogP contribution in [0.4, 0.5) is 11.4 Å². The van der Waals surface area contributed by atoms with Gasteiger partial charge in [0.1, 0.15) is 0 Å². The summed E-state index contributed by atoms with van der Waals surface area (Å²) in [7, 11) is 0. The Morgan fingerprint density at radius 1 is 1.40 bits per heavy atom. The van der Waals surface area contributed by atoms with Crippen molar-refractivity contribution in [1.29, 1.82) is 0 Å². The van der Waals surface area contributed by atoms with Gasteiger partial charge in [-0.05, 0) is 38.2 Å². The van der Waals surface area contributed by atoms with Crippen molar-refractivity contribution in [3.63, 3.8) is 0 Å². The number of rotatable bonds is 4. The number of nitrogens with two attached hydrogens (primary N) is 1. The third-order valence-corrected chi connectivity index (χ3v) is 6.57. The van der Waals surface area contributed by atoms with E-state index in [0.717, 1.165) is 28.4 Å². The maximum atomic E-state index is 6.17. The fourth-order valence-electron chi connectivity index (χ4n) is 2.99. The van der Waals surface area contributed by atoms with E-state index in [9.17, 15) is 0 Å². The van der Waals surface area contributed by atoms with Crippen LogP contribution in [0.5, 0.6) is 0 Å². The van der Waals surface area contributed by atoms with Gasteiger partial charge in [-0.3, -0.25) is 0 Å². The zero-order valence-corrected chi connectivity index (χ0v) is 13.7. The van der Waals surface area contributed by atoms with Crippen molar-refractivity contribution in [2.45, 2.75) is 37.4 Å². The molecule has 0 aliphatic heterocycles. The third kappa shape index (κ3) is 2.61. The average molecular weight is 307 g/mol. The fraction of sp³-hybridized carbons (Fsp3) is 0.533. The van der Waals surface area contributed by atoms with E-state index in [1.165, 1.54) is 30.4 Å². The highest BCUT2D eigenvalue weighted by Gasteiger charge is 2.32. The fourth-order valence-corrected chi connectivity index (χ4v) is 4.76. The minimum atomic E-state index is 0.388. The summed E-state index contributed by atoms with van der Waals surface area (Å²) in [5.41, 5.74) is 9.08. The summed E-state index contributed by atoms with van der Waals surface area (Å²) >= 11 is 3.69. The predicted molar refractivity (Wildman–Crippen MR) is 92.0 cm³/mol. The first kappa shape index (κ1) is 14.0. The predicted octanol–water partition coefficient (Wildman–Crippen LogP) is 4.27. The van der Waals surface area contributed by atoms with E-state index >= 15 is 0 Å². The second-order valence-electron chi connectivity index (χ2n) is 5.59. The number of thiazole rings is 1. The van der Waals surface area contributed by atoms with Crippen LogP contribution in [0.3, 0.4) is 0 Å². The molecule has 20 heavy (non-hydrogen) atoms. The lowest BCUT2D eigenvalue weighted by Gasteiger charge is -2.27. The first-order valence-electron chi connectivity index (χ1n) is 7.08. The molecule has 0 unspecified atom stereocenters. The van der Waals surface area contributed by atoms with Gasteiger partial charge in [-0.25, -0.2) is 4.98 Å². The molecular weight excluding hydrogens is 286 g/mol. The summed E-state index contributed by atoms with van der Waals surface area (Å²) in [4.78, 5) is 4.55. The number of nitrogens with one attached hydrogen (secondary N) is 1. The minimum Gasteiger partial charge on any atom is -0.397 e. The number of aromatic nitrogens is 1. The third-order valence-electron chi connectivity index (χ3n) is 4.22. The van der Waals surface area contributed by atoms with Crippen molar-refractivity contribution in [3.8, 4) is 0 Å². The van der Waals surface area contributed by atoms with Crippen molar-refractivity contribution >= 4 is 44.7 Å². The van der Waals surface area contributed by atoms with Crippen LogP contribution in [0.1, 0.15) is 30.7 Å². The van der Waals surface area contributed by atoms with Crippen LogP contribution >= 0.6 is 23.1 Å². The first-order valence-corrected chi connectivity index (χ1v) is 9.12. The highest BCUT2D eigenvalue weighted by molar-refractivity contribution is 8.00. The van der Waals surface area contributed by atoms with Crippen molar-refractivity contribution < 1.29 is 0 Å². The molecule has 0 spiro atoms. The molecule has 1 fully saturated rings. The second kappa shape index (κ2) is 5.45. The van der Waals surface area contributed by atoms with E-state index in [1.807, 2.05) is 24.8 Å². The Labute approximate surface area is 128 Å². The van der Waals surface area contributed by atoms with Crippen LogP contribution in [0, 0.1) is 6.92 Å². The number of hydrogen-bond acceptors (Lipinski definition) is 5. The molecule has 1 saturated carbocycles. The van der Waals surface area contributed by atoms with Crippen molar-refractivity contribution in [1.82, 2.24) is 4.98 Å². The molecule has 1 aromatic carbocycles. The van der Waals surface area contributed by atoms with Gasteiger partial charge < -0.3 is 11.1 Å². The number of aryl methyl sites for hydroxylation is 1. The Bertz CT molecular complexity index is 615. The zero-order chi connectivity index (χ0) is 14.2. The average Bonchev–Trinajstić information content (AvgIpc) is 3.02. The van der Waals surface area contributed by atoms with Crippen LogP contribution in [-0.2, 0) is 0 Å². The summed E-state index contributed by atoms with van der Waals surface area (Å²) in [6.45, 7) is 3.03. The van der Waals surface area contributed by atoms with E-state index in [0.29, 0.717) is 4.75 Å². The number of nitrogen functional groups attached to an aromatic ring is 1. The molecule has 0 amide bonds. The molecule has 0 saturated heterocycles. The second-order valence-corrected chi connectivity index (χ2v) is 8.10. The van der Waals surface area contributed by atoms with E-state index in [4.69, 9.17) is 5.73 Å². The molecule has 3 nitrogen and oxygen atoms in total. The number of hydrogen-bond donors (Lipinski definition) is 2. The molecule has 3 N–H and O–H groups in total. The summed E-state index contributed by atoms with van der Waals surface area (Å²) in [5, 5.41) is 4.66. The van der Waals surface area contributed by atoms with Crippen LogP contribution < -0.4 is 11.1 Å².